The summed E-state index contributed by atoms with van der Waals surface area (Å²) in [6, 6.07) is 5.49. The smallest absolute Gasteiger partial charge is 0.319 e. The quantitative estimate of drug-likeness (QED) is 0.648. The van der Waals surface area contributed by atoms with Gasteiger partial charge in [-0.3, -0.25) is 0 Å². The van der Waals surface area contributed by atoms with E-state index < -0.39 is 11.8 Å². The minimum atomic E-state index is -0.470. The van der Waals surface area contributed by atoms with E-state index in [0.717, 1.165) is 0 Å². The molecule has 5 nitrogen and oxygen atoms in total. The number of amides is 2. The van der Waals surface area contributed by atoms with Crippen LogP contribution in [0.3, 0.4) is 0 Å². The van der Waals surface area contributed by atoms with Gasteiger partial charge in [-0.25, -0.2) is 9.18 Å². The number of nitrogens with one attached hydrogen (secondary N) is 2. The van der Waals surface area contributed by atoms with Crippen LogP contribution in [0.4, 0.5) is 14.9 Å². The third kappa shape index (κ3) is 5.28. The molecule has 0 unspecified atom stereocenters. The van der Waals surface area contributed by atoms with Gasteiger partial charge in [-0.2, -0.15) is 0 Å². The normalized spacial score (nSPS) is 10.0. The number of anilines is 1. The van der Waals surface area contributed by atoms with Crippen molar-refractivity contribution in [2.24, 2.45) is 5.73 Å². The van der Waals surface area contributed by atoms with E-state index in [0.29, 0.717) is 26.3 Å². The molecule has 0 aliphatic heterocycles. The Kier molecular flexibility index (Phi) is 5.98. The zero-order chi connectivity index (χ0) is 12.5. The molecule has 2 amide bonds. The van der Waals surface area contributed by atoms with Crippen molar-refractivity contribution in [2.45, 2.75) is 0 Å². The fourth-order valence-electron chi connectivity index (χ4n) is 1.15. The second-order valence-electron chi connectivity index (χ2n) is 3.26. The Morgan fingerprint density at radius 3 is 2.82 bits per heavy atom. The van der Waals surface area contributed by atoms with Gasteiger partial charge < -0.3 is 21.1 Å². The highest BCUT2D eigenvalue weighted by Gasteiger charge is 2.04. The lowest BCUT2D eigenvalue weighted by Gasteiger charge is -2.08. The lowest BCUT2D eigenvalue weighted by molar-refractivity contribution is 0.144. The Hall–Kier alpha value is -1.66. The molecule has 0 saturated carbocycles. The first-order valence-electron chi connectivity index (χ1n) is 5.31. The van der Waals surface area contributed by atoms with E-state index in [2.05, 4.69) is 10.6 Å². The van der Waals surface area contributed by atoms with Crippen molar-refractivity contribution in [3.63, 3.8) is 0 Å². The summed E-state index contributed by atoms with van der Waals surface area (Å²) >= 11 is 0. The van der Waals surface area contributed by atoms with Crippen LogP contribution in [-0.2, 0) is 4.74 Å². The Bertz CT molecular complexity index is 360. The predicted molar refractivity (Wildman–Crippen MR) is 63.3 cm³/mol. The minimum Gasteiger partial charge on any atom is -0.378 e. The second-order valence-corrected chi connectivity index (χ2v) is 3.26. The molecular weight excluding hydrogens is 225 g/mol. The summed E-state index contributed by atoms with van der Waals surface area (Å²) in [6.45, 7) is 1.63. The van der Waals surface area contributed by atoms with Gasteiger partial charge in [0.05, 0.1) is 18.9 Å². The van der Waals surface area contributed by atoms with Gasteiger partial charge in [-0.1, -0.05) is 12.1 Å². The summed E-state index contributed by atoms with van der Waals surface area (Å²) in [5, 5.41) is 4.93. The Labute approximate surface area is 99.1 Å². The summed E-state index contributed by atoms with van der Waals surface area (Å²) in [6.07, 6.45) is 0. The lowest BCUT2D eigenvalue weighted by atomic mass is 10.3. The number of halogens is 1. The minimum absolute atomic E-state index is 0.146. The molecule has 4 N–H and O–H groups in total. The first-order chi connectivity index (χ1) is 8.24. The van der Waals surface area contributed by atoms with Crippen LogP contribution in [-0.4, -0.2) is 32.3 Å². The molecule has 1 aromatic carbocycles. The molecule has 94 valence electrons. The van der Waals surface area contributed by atoms with Gasteiger partial charge in [-0.15, -0.1) is 0 Å². The van der Waals surface area contributed by atoms with Crippen LogP contribution in [0, 0.1) is 5.82 Å². The zero-order valence-electron chi connectivity index (χ0n) is 9.41. The van der Waals surface area contributed by atoms with Crippen molar-refractivity contribution in [3.05, 3.63) is 30.1 Å². The number of hydrogen-bond acceptors (Lipinski definition) is 3. The maximum absolute atomic E-state index is 13.2. The van der Waals surface area contributed by atoms with E-state index in [1.807, 2.05) is 0 Å². The fourth-order valence-corrected chi connectivity index (χ4v) is 1.15. The van der Waals surface area contributed by atoms with Gasteiger partial charge in [-0.05, 0) is 12.1 Å². The van der Waals surface area contributed by atoms with Crippen molar-refractivity contribution in [3.8, 4) is 0 Å². The van der Waals surface area contributed by atoms with E-state index in [9.17, 15) is 9.18 Å². The van der Waals surface area contributed by atoms with Gasteiger partial charge in [0.25, 0.3) is 0 Å². The maximum Gasteiger partial charge on any atom is 0.319 e. The molecule has 0 heterocycles. The SMILES string of the molecule is NCCOCCNC(=O)Nc1ccccc1F. The lowest BCUT2D eigenvalue weighted by Crippen LogP contribution is -2.32. The molecule has 0 aromatic heterocycles. The topological polar surface area (TPSA) is 76.4 Å². The summed E-state index contributed by atoms with van der Waals surface area (Å²) in [5.41, 5.74) is 5.37. The van der Waals surface area contributed by atoms with E-state index in [4.69, 9.17) is 10.5 Å². The molecule has 0 radical (unpaired) electrons. The van der Waals surface area contributed by atoms with Gasteiger partial charge in [0.15, 0.2) is 0 Å². The van der Waals surface area contributed by atoms with E-state index >= 15 is 0 Å². The third-order valence-electron chi connectivity index (χ3n) is 1.92. The summed E-state index contributed by atoms with van der Waals surface area (Å²) in [5.74, 6) is -0.470. The molecule has 1 aromatic rings. The number of hydrogen-bond donors (Lipinski definition) is 3. The van der Waals surface area contributed by atoms with Gasteiger partial charge in [0.2, 0.25) is 0 Å². The highest BCUT2D eigenvalue weighted by Crippen LogP contribution is 2.11. The average molecular weight is 241 g/mol. The Morgan fingerprint density at radius 1 is 1.35 bits per heavy atom. The standard InChI is InChI=1S/C11H16FN3O2/c12-9-3-1-2-4-10(9)15-11(16)14-6-8-17-7-5-13/h1-4H,5-8,13H2,(H2,14,15,16). The van der Waals surface area contributed by atoms with E-state index in [-0.39, 0.29) is 5.69 Å². The number of rotatable bonds is 6. The van der Waals surface area contributed by atoms with Crippen LogP contribution in [0.25, 0.3) is 0 Å². The largest absolute Gasteiger partial charge is 0.378 e. The van der Waals surface area contributed by atoms with Crippen LogP contribution in [0.2, 0.25) is 0 Å². The van der Waals surface area contributed by atoms with Gasteiger partial charge in [0, 0.05) is 13.1 Å². The third-order valence-corrected chi connectivity index (χ3v) is 1.92. The van der Waals surface area contributed by atoms with Gasteiger partial charge in [0.1, 0.15) is 5.82 Å². The summed E-state index contributed by atoms with van der Waals surface area (Å²) in [7, 11) is 0. The van der Waals surface area contributed by atoms with E-state index in [1.165, 1.54) is 12.1 Å². The molecule has 0 aliphatic carbocycles. The molecule has 0 bridgehead atoms. The number of carbonyl (C=O) groups is 1. The number of nitrogens with two attached hydrogens (primary N) is 1. The van der Waals surface area contributed by atoms with E-state index in [1.54, 1.807) is 12.1 Å². The highest BCUT2D eigenvalue weighted by molar-refractivity contribution is 5.89. The molecule has 0 fully saturated rings. The molecule has 6 heteroatoms. The number of para-hydroxylation sites is 1. The average Bonchev–Trinajstić information content (AvgIpc) is 2.32. The monoisotopic (exact) mass is 241 g/mol. The number of benzene rings is 1. The Balaban J connectivity index is 2.23. The zero-order valence-corrected chi connectivity index (χ0v) is 9.41. The summed E-state index contributed by atoms with van der Waals surface area (Å²) in [4.78, 5) is 11.3. The van der Waals surface area contributed by atoms with Crippen molar-refractivity contribution < 1.29 is 13.9 Å². The molecule has 17 heavy (non-hydrogen) atoms. The number of carbonyl (C=O) groups excluding carboxylic acids is 1. The van der Waals surface area contributed by atoms with Crippen LogP contribution in [0.1, 0.15) is 0 Å². The first kappa shape index (κ1) is 13.4. The first-order valence-corrected chi connectivity index (χ1v) is 5.31. The second kappa shape index (κ2) is 7.59. The number of ether oxygens (including phenoxy) is 1. The Morgan fingerprint density at radius 2 is 2.12 bits per heavy atom. The van der Waals surface area contributed by atoms with Crippen molar-refractivity contribution in [1.82, 2.24) is 5.32 Å². The van der Waals surface area contributed by atoms with Crippen LogP contribution in [0.15, 0.2) is 24.3 Å². The fraction of sp³-hybridized carbons (Fsp3) is 0.364. The molecule has 0 aliphatic rings. The van der Waals surface area contributed by atoms with Gasteiger partial charge >= 0.3 is 6.03 Å². The maximum atomic E-state index is 13.2. The molecule has 0 saturated heterocycles. The van der Waals surface area contributed by atoms with Crippen molar-refractivity contribution in [1.29, 1.82) is 0 Å². The molecule has 1 rings (SSSR count). The summed E-state index contributed by atoms with van der Waals surface area (Å²) < 4.78 is 18.2. The molecule has 0 atom stereocenters. The molecule has 0 spiro atoms. The van der Waals surface area contributed by atoms with Crippen LogP contribution in [0.5, 0.6) is 0 Å². The van der Waals surface area contributed by atoms with Crippen LogP contribution < -0.4 is 16.4 Å². The van der Waals surface area contributed by atoms with Crippen molar-refractivity contribution >= 4 is 11.7 Å². The van der Waals surface area contributed by atoms with Crippen LogP contribution >= 0.6 is 0 Å². The molecular formula is C11H16FN3O2. The van der Waals surface area contributed by atoms with Crippen molar-refractivity contribution in [2.75, 3.05) is 31.6 Å². The highest BCUT2D eigenvalue weighted by atomic mass is 19.1. The number of urea groups is 1. The predicted octanol–water partition coefficient (Wildman–Crippen LogP) is 0.922.